The third-order valence-electron chi connectivity index (χ3n) is 3.15. The summed E-state index contributed by atoms with van der Waals surface area (Å²) in [6.45, 7) is 0. The van der Waals surface area contributed by atoms with Crippen LogP contribution >= 0.6 is 11.6 Å². The number of hydrogen-bond acceptors (Lipinski definition) is 5. The molecule has 0 aliphatic heterocycles. The predicted molar refractivity (Wildman–Crippen MR) is 85.6 cm³/mol. The van der Waals surface area contributed by atoms with Crippen molar-refractivity contribution in [3.63, 3.8) is 0 Å². The molecule has 0 radical (unpaired) electrons. The van der Waals surface area contributed by atoms with E-state index in [9.17, 15) is 4.79 Å². The van der Waals surface area contributed by atoms with Crippen molar-refractivity contribution in [1.29, 1.82) is 0 Å². The Balaban J connectivity index is 2.00. The Morgan fingerprint density at radius 2 is 1.95 bits per heavy atom. The minimum Gasteiger partial charge on any atom is -0.464 e. The van der Waals surface area contributed by atoms with Crippen LogP contribution in [-0.4, -0.2) is 23.0 Å². The third-order valence-corrected chi connectivity index (χ3v) is 3.38. The molecule has 0 saturated carbocycles. The number of fused-ring (bicyclic) bond motifs is 1. The van der Waals surface area contributed by atoms with E-state index < -0.39 is 5.97 Å². The number of benzene rings is 1. The molecule has 110 valence electrons. The van der Waals surface area contributed by atoms with Crippen LogP contribution in [0.1, 0.15) is 10.5 Å². The Hall–Kier alpha value is -2.66. The van der Waals surface area contributed by atoms with Crippen LogP contribution in [0.15, 0.2) is 48.8 Å². The van der Waals surface area contributed by atoms with Crippen LogP contribution in [0.4, 0.5) is 11.5 Å². The van der Waals surface area contributed by atoms with Crippen LogP contribution in [0.25, 0.3) is 10.8 Å². The predicted octanol–water partition coefficient (Wildman–Crippen LogP) is 3.81. The number of methoxy groups -OCH3 is 1. The first-order chi connectivity index (χ1) is 10.7. The summed E-state index contributed by atoms with van der Waals surface area (Å²) in [5, 5.41) is 5.72. The minimum absolute atomic E-state index is 0.228. The number of pyridine rings is 2. The highest BCUT2D eigenvalue weighted by Crippen LogP contribution is 2.27. The van der Waals surface area contributed by atoms with E-state index in [1.54, 1.807) is 18.3 Å². The summed E-state index contributed by atoms with van der Waals surface area (Å²) in [4.78, 5) is 19.8. The normalized spacial score (nSPS) is 10.5. The van der Waals surface area contributed by atoms with Gasteiger partial charge in [0.05, 0.1) is 7.11 Å². The summed E-state index contributed by atoms with van der Waals surface area (Å²) >= 11 is 6.05. The van der Waals surface area contributed by atoms with Crippen LogP contribution in [0.2, 0.25) is 5.02 Å². The van der Waals surface area contributed by atoms with E-state index in [0.29, 0.717) is 16.5 Å². The molecule has 3 rings (SSSR count). The van der Waals surface area contributed by atoms with Gasteiger partial charge in [-0.1, -0.05) is 17.7 Å². The van der Waals surface area contributed by atoms with Crippen molar-refractivity contribution in [2.45, 2.75) is 0 Å². The average Bonchev–Trinajstić information content (AvgIpc) is 2.55. The second-order valence-electron chi connectivity index (χ2n) is 4.57. The van der Waals surface area contributed by atoms with Gasteiger partial charge < -0.3 is 10.1 Å². The van der Waals surface area contributed by atoms with Gasteiger partial charge in [-0.15, -0.1) is 0 Å². The lowest BCUT2D eigenvalue weighted by atomic mass is 10.1. The Bertz CT molecular complexity index is 852. The number of hydrogen-bond donors (Lipinski definition) is 1. The van der Waals surface area contributed by atoms with Crippen LogP contribution in [0.5, 0.6) is 0 Å². The Kier molecular flexibility index (Phi) is 3.89. The van der Waals surface area contributed by atoms with E-state index in [0.717, 1.165) is 10.8 Å². The zero-order valence-electron chi connectivity index (χ0n) is 11.7. The summed E-state index contributed by atoms with van der Waals surface area (Å²) in [7, 11) is 1.32. The fourth-order valence-electron chi connectivity index (χ4n) is 2.10. The van der Waals surface area contributed by atoms with Crippen molar-refractivity contribution in [2.75, 3.05) is 12.4 Å². The van der Waals surface area contributed by atoms with E-state index in [1.165, 1.54) is 13.3 Å². The van der Waals surface area contributed by atoms with Gasteiger partial charge >= 0.3 is 5.97 Å². The number of carbonyl (C=O) groups is 1. The zero-order valence-corrected chi connectivity index (χ0v) is 12.5. The molecule has 0 saturated heterocycles. The first-order valence-corrected chi connectivity index (χ1v) is 6.91. The first kappa shape index (κ1) is 14.3. The molecule has 22 heavy (non-hydrogen) atoms. The van der Waals surface area contributed by atoms with E-state index in [2.05, 4.69) is 20.0 Å². The van der Waals surface area contributed by atoms with Gasteiger partial charge in [0.2, 0.25) is 0 Å². The number of esters is 1. The largest absolute Gasteiger partial charge is 0.464 e. The molecule has 1 aromatic carbocycles. The highest BCUT2D eigenvalue weighted by molar-refractivity contribution is 6.31. The molecule has 0 atom stereocenters. The van der Waals surface area contributed by atoms with E-state index in [4.69, 9.17) is 11.6 Å². The molecule has 5 nitrogen and oxygen atoms in total. The van der Waals surface area contributed by atoms with E-state index in [1.807, 2.05) is 24.3 Å². The number of anilines is 2. The van der Waals surface area contributed by atoms with E-state index in [-0.39, 0.29) is 5.69 Å². The Morgan fingerprint density at radius 3 is 2.77 bits per heavy atom. The van der Waals surface area contributed by atoms with Gasteiger partial charge in [-0.3, -0.25) is 0 Å². The van der Waals surface area contributed by atoms with Crippen molar-refractivity contribution < 1.29 is 9.53 Å². The minimum atomic E-state index is -0.488. The summed E-state index contributed by atoms with van der Waals surface area (Å²) in [6, 6.07) is 10.9. The SMILES string of the molecule is COC(=O)c1cc(Nc2nccc3ccc(Cl)cc23)ccn1. The molecule has 2 heterocycles. The molecule has 0 unspecified atom stereocenters. The lowest BCUT2D eigenvalue weighted by molar-refractivity contribution is 0.0594. The highest BCUT2D eigenvalue weighted by Gasteiger charge is 2.09. The smallest absolute Gasteiger partial charge is 0.356 e. The molecule has 0 amide bonds. The van der Waals surface area contributed by atoms with Crippen molar-refractivity contribution in [3.05, 3.63) is 59.5 Å². The monoisotopic (exact) mass is 313 g/mol. The van der Waals surface area contributed by atoms with Gasteiger partial charge in [-0.25, -0.2) is 14.8 Å². The standard InChI is InChI=1S/C16H12ClN3O2/c1-22-16(21)14-9-12(5-7-18-14)20-15-13-8-11(17)3-2-10(13)4-6-19-15/h2-9H,1H3,(H,18,19,20). The number of carbonyl (C=O) groups excluding carboxylic acids is 1. The molecule has 0 bridgehead atoms. The Labute approximate surface area is 131 Å². The van der Waals surface area contributed by atoms with Crippen LogP contribution in [0, 0.1) is 0 Å². The number of rotatable bonds is 3. The number of nitrogens with zero attached hydrogens (tertiary/aromatic N) is 2. The molecule has 1 N–H and O–H groups in total. The third kappa shape index (κ3) is 2.84. The van der Waals surface area contributed by atoms with Crippen LogP contribution in [0.3, 0.4) is 0 Å². The molecule has 0 fully saturated rings. The summed E-state index contributed by atoms with van der Waals surface area (Å²) in [5.74, 6) is 0.166. The maximum Gasteiger partial charge on any atom is 0.356 e. The van der Waals surface area contributed by atoms with Crippen molar-refractivity contribution in [3.8, 4) is 0 Å². The average molecular weight is 314 g/mol. The maximum absolute atomic E-state index is 11.5. The van der Waals surface area contributed by atoms with Gasteiger partial charge in [0.15, 0.2) is 0 Å². The second kappa shape index (κ2) is 5.99. The van der Waals surface area contributed by atoms with Crippen LogP contribution in [-0.2, 0) is 4.74 Å². The van der Waals surface area contributed by atoms with E-state index >= 15 is 0 Å². The molecule has 0 aliphatic rings. The van der Waals surface area contributed by atoms with Crippen molar-refractivity contribution in [2.24, 2.45) is 0 Å². The summed E-state index contributed by atoms with van der Waals surface area (Å²) in [6.07, 6.45) is 3.24. The molecular weight excluding hydrogens is 302 g/mol. The second-order valence-corrected chi connectivity index (χ2v) is 5.01. The van der Waals surface area contributed by atoms with Crippen LogP contribution < -0.4 is 5.32 Å². The van der Waals surface area contributed by atoms with Gasteiger partial charge in [-0.2, -0.15) is 0 Å². The van der Waals surface area contributed by atoms with Gasteiger partial charge in [0.25, 0.3) is 0 Å². The van der Waals surface area contributed by atoms with Gasteiger partial charge in [-0.05, 0) is 35.7 Å². The Morgan fingerprint density at radius 1 is 1.14 bits per heavy atom. The number of nitrogens with one attached hydrogen (secondary N) is 1. The van der Waals surface area contributed by atoms with Crippen molar-refractivity contribution >= 4 is 39.8 Å². The quantitative estimate of drug-likeness (QED) is 0.745. The van der Waals surface area contributed by atoms with Gasteiger partial charge in [0.1, 0.15) is 11.5 Å². The van der Waals surface area contributed by atoms with Gasteiger partial charge in [0, 0.05) is 28.5 Å². The molecular formula is C16H12ClN3O2. The number of aromatic nitrogens is 2. The highest BCUT2D eigenvalue weighted by atomic mass is 35.5. The number of ether oxygens (including phenoxy) is 1. The summed E-state index contributed by atoms with van der Waals surface area (Å²) < 4.78 is 4.67. The zero-order chi connectivity index (χ0) is 15.5. The molecule has 3 aromatic rings. The first-order valence-electron chi connectivity index (χ1n) is 6.53. The summed E-state index contributed by atoms with van der Waals surface area (Å²) in [5.41, 5.74) is 0.918. The number of halogens is 1. The molecule has 6 heteroatoms. The fourth-order valence-corrected chi connectivity index (χ4v) is 2.27. The fraction of sp³-hybridized carbons (Fsp3) is 0.0625. The maximum atomic E-state index is 11.5. The lowest BCUT2D eigenvalue weighted by Gasteiger charge is -2.09. The topological polar surface area (TPSA) is 64.1 Å². The molecule has 0 spiro atoms. The molecule has 0 aliphatic carbocycles. The van der Waals surface area contributed by atoms with Crippen molar-refractivity contribution in [1.82, 2.24) is 9.97 Å². The molecule has 2 aromatic heterocycles. The lowest BCUT2D eigenvalue weighted by Crippen LogP contribution is -2.05.